The number of nitrogens with one attached hydrogen (secondary N) is 1. The molecule has 1 aromatic heterocycles. The van der Waals surface area contributed by atoms with E-state index in [0.717, 1.165) is 38.1 Å². The van der Waals surface area contributed by atoms with Crippen molar-refractivity contribution in [2.24, 2.45) is 5.92 Å². The molecular weight excluding hydrogens is 322 g/mol. The number of amides is 1. The quantitative estimate of drug-likeness (QED) is 0.866. The third-order valence-electron chi connectivity index (χ3n) is 7.10. The normalized spacial score (nSPS) is 30.2. The predicted octanol–water partition coefficient (Wildman–Crippen LogP) is 4.06. The van der Waals surface area contributed by atoms with E-state index in [2.05, 4.69) is 15.2 Å². The van der Waals surface area contributed by atoms with Gasteiger partial charge < -0.3 is 10.2 Å². The number of likely N-dealkylation sites (tertiary alicyclic amines) is 1. The summed E-state index contributed by atoms with van der Waals surface area (Å²) >= 11 is 0. The van der Waals surface area contributed by atoms with Gasteiger partial charge in [-0.2, -0.15) is 0 Å². The Hall–Kier alpha value is -1.42. The van der Waals surface area contributed by atoms with Crippen molar-refractivity contribution in [3.63, 3.8) is 0 Å². The molecule has 0 bridgehead atoms. The summed E-state index contributed by atoms with van der Waals surface area (Å²) in [6, 6.07) is 4.73. The highest BCUT2D eigenvalue weighted by Gasteiger charge is 2.46. The molecule has 4 rings (SSSR count). The zero-order valence-electron chi connectivity index (χ0n) is 16.0. The van der Waals surface area contributed by atoms with E-state index in [1.165, 1.54) is 57.1 Å². The van der Waals surface area contributed by atoms with Gasteiger partial charge in [-0.15, -0.1) is 0 Å². The van der Waals surface area contributed by atoms with Gasteiger partial charge in [0, 0.05) is 36.9 Å². The Balaban J connectivity index is 1.32. The number of aromatic nitrogens is 1. The molecule has 3 aliphatic rings. The molecule has 0 atom stereocenters. The maximum atomic E-state index is 12.6. The Morgan fingerprint density at radius 2 is 1.77 bits per heavy atom. The number of rotatable bonds is 5. The minimum Gasteiger partial charge on any atom is -0.333 e. The van der Waals surface area contributed by atoms with E-state index in [9.17, 15) is 4.79 Å². The van der Waals surface area contributed by atoms with Gasteiger partial charge in [0.15, 0.2) is 0 Å². The first kappa shape index (κ1) is 18.0. The summed E-state index contributed by atoms with van der Waals surface area (Å²) in [5.74, 6) is 1.24. The van der Waals surface area contributed by atoms with Crippen molar-refractivity contribution in [1.29, 1.82) is 0 Å². The fourth-order valence-corrected chi connectivity index (χ4v) is 5.40. The molecule has 1 aliphatic heterocycles. The number of pyridine rings is 1. The Labute approximate surface area is 157 Å². The van der Waals surface area contributed by atoms with Crippen LogP contribution in [-0.4, -0.2) is 33.9 Å². The summed E-state index contributed by atoms with van der Waals surface area (Å²) in [4.78, 5) is 18.9. The number of carbonyl (C=O) groups is 1. The summed E-state index contributed by atoms with van der Waals surface area (Å²) in [7, 11) is 0. The summed E-state index contributed by atoms with van der Waals surface area (Å²) in [6.07, 6.45) is 17.3. The highest BCUT2D eigenvalue weighted by atomic mass is 16.2. The summed E-state index contributed by atoms with van der Waals surface area (Å²) < 4.78 is 0. The molecule has 1 N–H and O–H groups in total. The zero-order chi connectivity index (χ0) is 17.8. The molecule has 0 unspecified atom stereocenters. The van der Waals surface area contributed by atoms with Gasteiger partial charge in [0.05, 0.1) is 0 Å². The van der Waals surface area contributed by atoms with E-state index in [-0.39, 0.29) is 5.54 Å². The predicted molar refractivity (Wildman–Crippen MR) is 104 cm³/mol. The minimum absolute atomic E-state index is 0.114. The van der Waals surface area contributed by atoms with Crippen molar-refractivity contribution in [3.05, 3.63) is 30.1 Å². The molecular formula is C22H33N3O. The lowest BCUT2D eigenvalue weighted by atomic mass is 9.77. The van der Waals surface area contributed by atoms with Crippen molar-refractivity contribution < 1.29 is 4.79 Å². The van der Waals surface area contributed by atoms with Crippen LogP contribution in [0, 0.1) is 5.92 Å². The van der Waals surface area contributed by atoms with E-state index in [1.807, 2.05) is 24.5 Å². The van der Waals surface area contributed by atoms with E-state index in [1.54, 1.807) is 0 Å². The molecule has 1 amide bonds. The van der Waals surface area contributed by atoms with Gasteiger partial charge in [0.25, 0.3) is 0 Å². The lowest BCUT2D eigenvalue weighted by Gasteiger charge is -2.44. The van der Waals surface area contributed by atoms with Gasteiger partial charge in [0.2, 0.25) is 5.91 Å². The van der Waals surface area contributed by atoms with Crippen LogP contribution in [0.25, 0.3) is 0 Å². The van der Waals surface area contributed by atoms with Crippen molar-refractivity contribution in [2.45, 2.75) is 88.8 Å². The van der Waals surface area contributed by atoms with E-state index >= 15 is 0 Å². The number of carbonyl (C=O) groups excluding carboxylic acids is 1. The lowest BCUT2D eigenvalue weighted by Crippen LogP contribution is -2.50. The van der Waals surface area contributed by atoms with Crippen LogP contribution >= 0.6 is 0 Å². The first-order valence-electron chi connectivity index (χ1n) is 10.7. The molecule has 2 saturated carbocycles. The fraction of sp³-hybridized carbons (Fsp3) is 0.727. The van der Waals surface area contributed by atoms with Gasteiger partial charge >= 0.3 is 0 Å². The summed E-state index contributed by atoms with van der Waals surface area (Å²) in [6.45, 7) is 1.96. The highest BCUT2D eigenvalue weighted by Crippen LogP contribution is 2.43. The maximum Gasteiger partial charge on any atom is 0.223 e. The largest absolute Gasteiger partial charge is 0.333 e. The zero-order valence-corrected chi connectivity index (χ0v) is 16.0. The van der Waals surface area contributed by atoms with Crippen LogP contribution in [0.5, 0.6) is 0 Å². The van der Waals surface area contributed by atoms with Crippen LogP contribution in [0.1, 0.15) is 76.2 Å². The first-order valence-corrected chi connectivity index (χ1v) is 10.7. The molecule has 0 aromatic carbocycles. The molecule has 142 valence electrons. The fourth-order valence-electron chi connectivity index (χ4n) is 5.40. The van der Waals surface area contributed by atoms with Crippen LogP contribution in [-0.2, 0) is 11.3 Å². The SMILES string of the molecule is O=C1CCC2(CCC(NCC3CCCCC3)CC2)N1Cc1ccncc1. The Bertz CT molecular complexity index is 589. The number of nitrogens with zero attached hydrogens (tertiary/aromatic N) is 2. The van der Waals surface area contributed by atoms with Crippen LogP contribution in [0.2, 0.25) is 0 Å². The molecule has 4 nitrogen and oxygen atoms in total. The first-order chi connectivity index (χ1) is 12.8. The monoisotopic (exact) mass is 355 g/mol. The van der Waals surface area contributed by atoms with Crippen molar-refractivity contribution in [3.8, 4) is 0 Å². The smallest absolute Gasteiger partial charge is 0.223 e. The van der Waals surface area contributed by atoms with Gasteiger partial charge in [-0.1, -0.05) is 19.3 Å². The topological polar surface area (TPSA) is 45.2 Å². The van der Waals surface area contributed by atoms with Crippen molar-refractivity contribution >= 4 is 5.91 Å². The van der Waals surface area contributed by atoms with Gasteiger partial charge in [-0.25, -0.2) is 0 Å². The maximum absolute atomic E-state index is 12.6. The average molecular weight is 356 g/mol. The van der Waals surface area contributed by atoms with E-state index < -0.39 is 0 Å². The summed E-state index contributed by atoms with van der Waals surface area (Å²) in [5, 5.41) is 3.86. The second kappa shape index (κ2) is 8.08. The standard InChI is InChI=1S/C22H33N3O/c26-21-8-13-22(25(21)17-19-9-14-23-15-10-19)11-6-20(7-12-22)24-16-18-4-2-1-3-5-18/h9-10,14-15,18,20,24H,1-8,11-13,16-17H2. The van der Waals surface area contributed by atoms with Crippen LogP contribution in [0.4, 0.5) is 0 Å². The van der Waals surface area contributed by atoms with Crippen LogP contribution < -0.4 is 5.32 Å². The minimum atomic E-state index is 0.114. The summed E-state index contributed by atoms with van der Waals surface area (Å²) in [5.41, 5.74) is 1.32. The van der Waals surface area contributed by atoms with Crippen LogP contribution in [0.15, 0.2) is 24.5 Å². The Morgan fingerprint density at radius 1 is 1.04 bits per heavy atom. The highest BCUT2D eigenvalue weighted by molar-refractivity contribution is 5.79. The van der Waals surface area contributed by atoms with Crippen LogP contribution in [0.3, 0.4) is 0 Å². The Morgan fingerprint density at radius 3 is 2.50 bits per heavy atom. The van der Waals surface area contributed by atoms with E-state index in [4.69, 9.17) is 0 Å². The van der Waals surface area contributed by atoms with Gasteiger partial charge in [-0.3, -0.25) is 9.78 Å². The van der Waals surface area contributed by atoms with Gasteiger partial charge in [-0.05, 0) is 75.1 Å². The Kier molecular flexibility index (Phi) is 5.58. The molecule has 0 radical (unpaired) electrons. The molecule has 1 spiro atoms. The van der Waals surface area contributed by atoms with Gasteiger partial charge in [0.1, 0.15) is 0 Å². The van der Waals surface area contributed by atoms with E-state index in [0.29, 0.717) is 11.9 Å². The average Bonchev–Trinajstić information content (AvgIpc) is 2.99. The van der Waals surface area contributed by atoms with Crippen molar-refractivity contribution in [1.82, 2.24) is 15.2 Å². The lowest BCUT2D eigenvalue weighted by molar-refractivity contribution is -0.133. The second-order valence-electron chi connectivity index (χ2n) is 8.75. The molecule has 2 aliphatic carbocycles. The molecule has 26 heavy (non-hydrogen) atoms. The van der Waals surface area contributed by atoms with Crippen molar-refractivity contribution in [2.75, 3.05) is 6.54 Å². The third-order valence-corrected chi connectivity index (χ3v) is 7.10. The molecule has 3 fully saturated rings. The molecule has 1 aromatic rings. The number of hydrogen-bond donors (Lipinski definition) is 1. The second-order valence-corrected chi connectivity index (χ2v) is 8.75. The molecule has 4 heteroatoms. The number of hydrogen-bond acceptors (Lipinski definition) is 3. The molecule has 2 heterocycles. The molecule has 1 saturated heterocycles. The third kappa shape index (κ3) is 3.95.